The second-order valence-electron chi connectivity index (χ2n) is 4.52. The van der Waals surface area contributed by atoms with Gasteiger partial charge in [0.2, 0.25) is 0 Å². The third kappa shape index (κ3) is 3.37. The Morgan fingerprint density at radius 2 is 2.35 bits per heavy atom. The van der Waals surface area contributed by atoms with Gasteiger partial charge in [-0.25, -0.2) is 0 Å². The van der Waals surface area contributed by atoms with Crippen LogP contribution in [0, 0.1) is 12.8 Å². The van der Waals surface area contributed by atoms with Gasteiger partial charge in [0.05, 0.1) is 13.2 Å². The predicted molar refractivity (Wildman–Crippen MR) is 69.8 cm³/mol. The first-order valence-corrected chi connectivity index (χ1v) is 6.34. The van der Waals surface area contributed by atoms with Crippen molar-refractivity contribution in [3.8, 4) is 5.75 Å². The Morgan fingerprint density at radius 1 is 1.47 bits per heavy atom. The molecule has 1 saturated heterocycles. The summed E-state index contributed by atoms with van der Waals surface area (Å²) in [5.41, 5.74) is 2.43. The summed E-state index contributed by atoms with van der Waals surface area (Å²) in [6, 6.07) is 6.19. The molecule has 1 atom stereocenters. The number of hydrogen-bond donors (Lipinski definition) is 1. The van der Waals surface area contributed by atoms with E-state index < -0.39 is 0 Å². The zero-order chi connectivity index (χ0) is 12.1. The van der Waals surface area contributed by atoms with Crippen molar-refractivity contribution in [1.82, 2.24) is 0 Å². The molecule has 1 aliphatic rings. The molecule has 1 unspecified atom stereocenters. The van der Waals surface area contributed by atoms with Crippen molar-refractivity contribution in [2.75, 3.05) is 31.7 Å². The summed E-state index contributed by atoms with van der Waals surface area (Å²) in [7, 11) is 0. The molecule has 0 aromatic heterocycles. The molecular weight excluding hydrogens is 214 g/mol. The molecule has 3 heteroatoms. The standard InChI is InChI=1S/C14H21NO2/c1-3-17-13-4-5-14(11(2)8-13)15-9-12-6-7-16-10-12/h4-5,8,12,15H,3,6-7,9-10H2,1-2H3. The number of nitrogens with one attached hydrogen (secondary N) is 1. The highest BCUT2D eigenvalue weighted by Gasteiger charge is 2.15. The van der Waals surface area contributed by atoms with Gasteiger partial charge < -0.3 is 14.8 Å². The normalized spacial score (nSPS) is 19.3. The fourth-order valence-corrected chi connectivity index (χ4v) is 2.09. The Labute approximate surface area is 103 Å². The fourth-order valence-electron chi connectivity index (χ4n) is 2.09. The van der Waals surface area contributed by atoms with Gasteiger partial charge in [-0.15, -0.1) is 0 Å². The number of hydrogen-bond acceptors (Lipinski definition) is 3. The zero-order valence-corrected chi connectivity index (χ0v) is 10.7. The highest BCUT2D eigenvalue weighted by atomic mass is 16.5. The van der Waals surface area contributed by atoms with E-state index in [2.05, 4.69) is 24.4 Å². The molecule has 1 fully saturated rings. The van der Waals surface area contributed by atoms with Crippen molar-refractivity contribution in [2.45, 2.75) is 20.3 Å². The molecule has 0 radical (unpaired) electrons. The largest absolute Gasteiger partial charge is 0.494 e. The summed E-state index contributed by atoms with van der Waals surface area (Å²) in [5, 5.41) is 3.49. The Balaban J connectivity index is 1.91. The smallest absolute Gasteiger partial charge is 0.119 e. The molecule has 94 valence electrons. The topological polar surface area (TPSA) is 30.5 Å². The molecule has 0 aliphatic carbocycles. The van der Waals surface area contributed by atoms with Crippen molar-refractivity contribution >= 4 is 5.69 Å². The van der Waals surface area contributed by atoms with E-state index in [9.17, 15) is 0 Å². The van der Waals surface area contributed by atoms with E-state index in [4.69, 9.17) is 9.47 Å². The van der Waals surface area contributed by atoms with Crippen LogP contribution in [-0.4, -0.2) is 26.4 Å². The van der Waals surface area contributed by atoms with Crippen LogP contribution in [0.1, 0.15) is 18.9 Å². The van der Waals surface area contributed by atoms with Gasteiger partial charge in [-0.2, -0.15) is 0 Å². The zero-order valence-electron chi connectivity index (χ0n) is 10.7. The quantitative estimate of drug-likeness (QED) is 0.851. The number of aryl methyl sites for hydroxylation is 1. The van der Waals surface area contributed by atoms with Crippen molar-refractivity contribution in [1.29, 1.82) is 0 Å². The molecule has 0 spiro atoms. The Kier molecular flexibility index (Phi) is 4.26. The minimum absolute atomic E-state index is 0.654. The maximum Gasteiger partial charge on any atom is 0.119 e. The van der Waals surface area contributed by atoms with Gasteiger partial charge in [-0.1, -0.05) is 0 Å². The Hall–Kier alpha value is -1.22. The number of ether oxygens (including phenoxy) is 2. The van der Waals surface area contributed by atoms with Crippen LogP contribution in [0.25, 0.3) is 0 Å². The molecule has 0 saturated carbocycles. The maximum absolute atomic E-state index is 5.47. The van der Waals surface area contributed by atoms with Crippen LogP contribution in [0.2, 0.25) is 0 Å². The Bertz CT molecular complexity index is 359. The predicted octanol–water partition coefficient (Wildman–Crippen LogP) is 2.84. The lowest BCUT2D eigenvalue weighted by atomic mass is 10.1. The first-order chi connectivity index (χ1) is 8.29. The van der Waals surface area contributed by atoms with E-state index >= 15 is 0 Å². The van der Waals surface area contributed by atoms with Crippen LogP contribution in [-0.2, 0) is 4.74 Å². The molecule has 1 heterocycles. The molecule has 3 nitrogen and oxygen atoms in total. The van der Waals surface area contributed by atoms with Crippen molar-refractivity contribution in [3.63, 3.8) is 0 Å². The molecule has 17 heavy (non-hydrogen) atoms. The highest BCUT2D eigenvalue weighted by Crippen LogP contribution is 2.22. The van der Waals surface area contributed by atoms with Crippen LogP contribution in [0.15, 0.2) is 18.2 Å². The van der Waals surface area contributed by atoms with Gasteiger partial charge in [0.25, 0.3) is 0 Å². The molecule has 0 amide bonds. The number of anilines is 1. The second-order valence-corrected chi connectivity index (χ2v) is 4.52. The molecule has 1 aromatic carbocycles. The third-order valence-electron chi connectivity index (χ3n) is 3.11. The highest BCUT2D eigenvalue weighted by molar-refractivity contribution is 5.53. The Morgan fingerprint density at radius 3 is 3.00 bits per heavy atom. The van der Waals surface area contributed by atoms with E-state index in [1.165, 1.54) is 17.7 Å². The summed E-state index contributed by atoms with van der Waals surface area (Å²) in [6.45, 7) is 7.62. The van der Waals surface area contributed by atoms with E-state index in [0.717, 1.165) is 25.5 Å². The molecule has 1 aliphatic heterocycles. The lowest BCUT2D eigenvalue weighted by Crippen LogP contribution is -2.14. The minimum atomic E-state index is 0.654. The van der Waals surface area contributed by atoms with Gasteiger partial charge in [0, 0.05) is 24.8 Å². The first kappa shape index (κ1) is 12.2. The molecule has 1 aromatic rings. The van der Waals surface area contributed by atoms with E-state index in [-0.39, 0.29) is 0 Å². The summed E-state index contributed by atoms with van der Waals surface area (Å²) >= 11 is 0. The molecule has 1 N–H and O–H groups in total. The lowest BCUT2D eigenvalue weighted by molar-refractivity contribution is 0.187. The average molecular weight is 235 g/mol. The van der Waals surface area contributed by atoms with Gasteiger partial charge in [-0.3, -0.25) is 0 Å². The molecule has 0 bridgehead atoms. The van der Waals surface area contributed by atoms with Crippen molar-refractivity contribution < 1.29 is 9.47 Å². The monoisotopic (exact) mass is 235 g/mol. The first-order valence-electron chi connectivity index (χ1n) is 6.34. The van der Waals surface area contributed by atoms with E-state index in [0.29, 0.717) is 12.5 Å². The van der Waals surface area contributed by atoms with E-state index in [1.54, 1.807) is 0 Å². The van der Waals surface area contributed by atoms with Crippen LogP contribution >= 0.6 is 0 Å². The third-order valence-corrected chi connectivity index (χ3v) is 3.11. The summed E-state index contributed by atoms with van der Waals surface area (Å²) in [4.78, 5) is 0. The number of benzene rings is 1. The molecular formula is C14H21NO2. The molecule has 2 rings (SSSR count). The van der Waals surface area contributed by atoms with Gasteiger partial charge in [-0.05, 0) is 44.0 Å². The van der Waals surface area contributed by atoms with Crippen LogP contribution < -0.4 is 10.1 Å². The van der Waals surface area contributed by atoms with Crippen LogP contribution in [0.3, 0.4) is 0 Å². The van der Waals surface area contributed by atoms with Gasteiger partial charge >= 0.3 is 0 Å². The van der Waals surface area contributed by atoms with Crippen molar-refractivity contribution in [2.24, 2.45) is 5.92 Å². The SMILES string of the molecule is CCOc1ccc(NCC2CCOC2)c(C)c1. The lowest BCUT2D eigenvalue weighted by Gasteiger charge is -2.14. The average Bonchev–Trinajstić information content (AvgIpc) is 2.81. The maximum atomic E-state index is 5.47. The fraction of sp³-hybridized carbons (Fsp3) is 0.571. The summed E-state index contributed by atoms with van der Waals surface area (Å²) < 4.78 is 10.8. The second kappa shape index (κ2) is 5.92. The number of rotatable bonds is 5. The van der Waals surface area contributed by atoms with Crippen LogP contribution in [0.4, 0.5) is 5.69 Å². The van der Waals surface area contributed by atoms with Crippen LogP contribution in [0.5, 0.6) is 5.75 Å². The van der Waals surface area contributed by atoms with Gasteiger partial charge in [0.1, 0.15) is 5.75 Å². The summed E-state index contributed by atoms with van der Waals surface area (Å²) in [6.07, 6.45) is 1.17. The van der Waals surface area contributed by atoms with E-state index in [1.807, 2.05) is 13.0 Å². The van der Waals surface area contributed by atoms with Crippen molar-refractivity contribution in [3.05, 3.63) is 23.8 Å². The minimum Gasteiger partial charge on any atom is -0.494 e. The van der Waals surface area contributed by atoms with Gasteiger partial charge in [0.15, 0.2) is 0 Å². The summed E-state index contributed by atoms with van der Waals surface area (Å²) in [5.74, 6) is 1.60.